The van der Waals surface area contributed by atoms with E-state index in [-0.39, 0.29) is 23.6 Å². The van der Waals surface area contributed by atoms with Crippen molar-refractivity contribution in [1.29, 1.82) is 0 Å². The van der Waals surface area contributed by atoms with E-state index in [0.717, 1.165) is 36.3 Å². The third kappa shape index (κ3) is 5.76. The summed E-state index contributed by atoms with van der Waals surface area (Å²) in [6.07, 6.45) is 4.37. The lowest BCUT2D eigenvalue weighted by molar-refractivity contribution is -0.113. The molecule has 0 spiro atoms. The first-order valence-corrected chi connectivity index (χ1v) is 10.7. The molecule has 1 fully saturated rings. The van der Waals surface area contributed by atoms with E-state index in [1.54, 1.807) is 12.1 Å². The molecule has 28 heavy (non-hydrogen) atoms. The molecule has 0 aromatic heterocycles. The molecule has 2 amide bonds. The van der Waals surface area contributed by atoms with Gasteiger partial charge in [0.05, 0.1) is 23.6 Å². The third-order valence-corrected chi connectivity index (χ3v) is 5.65. The van der Waals surface area contributed by atoms with Crippen LogP contribution in [0.5, 0.6) is 5.75 Å². The van der Waals surface area contributed by atoms with Gasteiger partial charge in [0.2, 0.25) is 5.91 Å². The van der Waals surface area contributed by atoms with Crippen molar-refractivity contribution in [1.82, 2.24) is 5.32 Å². The van der Waals surface area contributed by atoms with Crippen LogP contribution in [0.1, 0.15) is 43.0 Å². The number of anilines is 1. The summed E-state index contributed by atoms with van der Waals surface area (Å²) < 4.78 is 5.42. The Hall–Kier alpha value is -2.47. The molecule has 1 aliphatic rings. The SMILES string of the molecule is CCOc1ccc(SCC(=O)Nc2ccccc2C(=O)NC2CCCC2)cc1. The number of benzene rings is 2. The predicted molar refractivity (Wildman–Crippen MR) is 113 cm³/mol. The zero-order valence-corrected chi connectivity index (χ0v) is 16.9. The Morgan fingerprint density at radius 1 is 1.07 bits per heavy atom. The third-order valence-electron chi connectivity index (χ3n) is 4.64. The lowest BCUT2D eigenvalue weighted by atomic mass is 10.1. The Morgan fingerprint density at radius 2 is 1.79 bits per heavy atom. The molecule has 2 N–H and O–H groups in total. The zero-order chi connectivity index (χ0) is 19.8. The monoisotopic (exact) mass is 398 g/mol. The number of thioether (sulfide) groups is 1. The number of nitrogens with one attached hydrogen (secondary N) is 2. The molecule has 0 aliphatic heterocycles. The van der Waals surface area contributed by atoms with Gasteiger partial charge < -0.3 is 15.4 Å². The van der Waals surface area contributed by atoms with Crippen molar-refractivity contribution in [2.75, 3.05) is 17.7 Å². The molecule has 1 saturated carbocycles. The summed E-state index contributed by atoms with van der Waals surface area (Å²) in [5.41, 5.74) is 1.06. The van der Waals surface area contributed by atoms with Crippen molar-refractivity contribution in [3.05, 3.63) is 54.1 Å². The molecule has 1 aliphatic carbocycles. The van der Waals surface area contributed by atoms with Crippen LogP contribution in [0.4, 0.5) is 5.69 Å². The van der Waals surface area contributed by atoms with Gasteiger partial charge in [0.25, 0.3) is 5.91 Å². The maximum absolute atomic E-state index is 12.6. The minimum atomic E-state index is -0.139. The maximum atomic E-state index is 12.6. The highest BCUT2D eigenvalue weighted by atomic mass is 32.2. The summed E-state index contributed by atoms with van der Waals surface area (Å²) >= 11 is 1.45. The Kier molecular flexibility index (Phi) is 7.37. The van der Waals surface area contributed by atoms with Gasteiger partial charge in [-0.2, -0.15) is 0 Å². The second-order valence-corrected chi connectivity index (χ2v) is 7.79. The van der Waals surface area contributed by atoms with Crippen LogP contribution in [-0.4, -0.2) is 30.2 Å². The fourth-order valence-corrected chi connectivity index (χ4v) is 3.96. The number of carbonyl (C=O) groups is 2. The highest BCUT2D eigenvalue weighted by Crippen LogP contribution is 2.23. The Morgan fingerprint density at radius 3 is 2.50 bits per heavy atom. The van der Waals surface area contributed by atoms with Gasteiger partial charge >= 0.3 is 0 Å². The van der Waals surface area contributed by atoms with Crippen molar-refractivity contribution in [2.24, 2.45) is 0 Å². The van der Waals surface area contributed by atoms with Gasteiger partial charge in [0.1, 0.15) is 5.75 Å². The topological polar surface area (TPSA) is 67.4 Å². The highest BCUT2D eigenvalue weighted by Gasteiger charge is 2.20. The predicted octanol–water partition coefficient (Wildman–Crippen LogP) is 4.49. The number of ether oxygens (including phenoxy) is 1. The van der Waals surface area contributed by atoms with Crippen LogP contribution in [0.3, 0.4) is 0 Å². The van der Waals surface area contributed by atoms with Gasteiger partial charge in [-0.05, 0) is 56.2 Å². The Balaban J connectivity index is 1.55. The fourth-order valence-electron chi connectivity index (χ4n) is 3.26. The van der Waals surface area contributed by atoms with Crippen LogP contribution in [0, 0.1) is 0 Å². The number of hydrogen-bond acceptors (Lipinski definition) is 4. The van der Waals surface area contributed by atoms with Crippen LogP contribution in [0.25, 0.3) is 0 Å². The lowest BCUT2D eigenvalue weighted by Crippen LogP contribution is -2.33. The van der Waals surface area contributed by atoms with E-state index < -0.39 is 0 Å². The summed E-state index contributed by atoms with van der Waals surface area (Å²) in [4.78, 5) is 26.0. The van der Waals surface area contributed by atoms with Gasteiger partial charge in [-0.15, -0.1) is 11.8 Å². The van der Waals surface area contributed by atoms with Crippen molar-refractivity contribution < 1.29 is 14.3 Å². The normalized spacial score (nSPS) is 13.9. The van der Waals surface area contributed by atoms with Crippen LogP contribution >= 0.6 is 11.8 Å². The summed E-state index contributed by atoms with van der Waals surface area (Å²) in [6.45, 7) is 2.57. The molecular weight excluding hydrogens is 372 g/mol. The van der Waals surface area contributed by atoms with E-state index in [1.165, 1.54) is 11.8 Å². The van der Waals surface area contributed by atoms with E-state index in [9.17, 15) is 9.59 Å². The van der Waals surface area contributed by atoms with Crippen molar-refractivity contribution in [3.8, 4) is 5.75 Å². The molecule has 0 saturated heterocycles. The molecule has 0 atom stereocenters. The quantitative estimate of drug-likeness (QED) is 0.643. The lowest BCUT2D eigenvalue weighted by Gasteiger charge is -2.15. The molecule has 0 bridgehead atoms. The van der Waals surface area contributed by atoms with E-state index in [1.807, 2.05) is 43.3 Å². The first-order valence-electron chi connectivity index (χ1n) is 9.71. The largest absolute Gasteiger partial charge is 0.494 e. The van der Waals surface area contributed by atoms with Gasteiger partial charge in [0.15, 0.2) is 0 Å². The van der Waals surface area contributed by atoms with Crippen LogP contribution < -0.4 is 15.4 Å². The van der Waals surface area contributed by atoms with E-state index in [0.29, 0.717) is 17.9 Å². The van der Waals surface area contributed by atoms with E-state index >= 15 is 0 Å². The first kappa shape index (κ1) is 20.3. The van der Waals surface area contributed by atoms with Crippen molar-refractivity contribution in [3.63, 3.8) is 0 Å². The Labute approximate surface area is 170 Å². The first-order chi connectivity index (χ1) is 13.7. The number of hydrogen-bond donors (Lipinski definition) is 2. The van der Waals surface area contributed by atoms with E-state index in [2.05, 4.69) is 10.6 Å². The molecular formula is C22H26N2O3S. The molecule has 3 rings (SSSR count). The van der Waals surface area contributed by atoms with Gasteiger partial charge in [-0.25, -0.2) is 0 Å². The van der Waals surface area contributed by atoms with Gasteiger partial charge in [-0.1, -0.05) is 25.0 Å². The van der Waals surface area contributed by atoms with Crippen LogP contribution in [-0.2, 0) is 4.79 Å². The number of para-hydroxylation sites is 1. The van der Waals surface area contributed by atoms with Crippen molar-refractivity contribution in [2.45, 2.75) is 43.5 Å². The number of amides is 2. The van der Waals surface area contributed by atoms with Gasteiger partial charge in [0, 0.05) is 10.9 Å². The summed E-state index contributed by atoms with van der Waals surface area (Å²) in [6, 6.07) is 15.1. The average molecular weight is 399 g/mol. The summed E-state index contributed by atoms with van der Waals surface area (Å²) in [5, 5.41) is 5.95. The minimum absolute atomic E-state index is 0.123. The molecule has 0 unspecified atom stereocenters. The number of carbonyl (C=O) groups excluding carboxylic acids is 2. The van der Waals surface area contributed by atoms with Gasteiger partial charge in [-0.3, -0.25) is 9.59 Å². The highest BCUT2D eigenvalue weighted by molar-refractivity contribution is 8.00. The maximum Gasteiger partial charge on any atom is 0.253 e. The second kappa shape index (κ2) is 10.2. The molecule has 2 aromatic carbocycles. The second-order valence-electron chi connectivity index (χ2n) is 6.74. The van der Waals surface area contributed by atoms with Crippen LogP contribution in [0.15, 0.2) is 53.4 Å². The molecule has 0 heterocycles. The molecule has 0 radical (unpaired) electrons. The summed E-state index contributed by atoms with van der Waals surface area (Å²) in [5.74, 6) is 0.826. The zero-order valence-electron chi connectivity index (χ0n) is 16.1. The van der Waals surface area contributed by atoms with E-state index in [4.69, 9.17) is 4.74 Å². The summed E-state index contributed by atoms with van der Waals surface area (Å²) in [7, 11) is 0. The smallest absolute Gasteiger partial charge is 0.253 e. The number of rotatable bonds is 8. The Bertz CT molecular complexity index is 802. The van der Waals surface area contributed by atoms with Crippen molar-refractivity contribution >= 4 is 29.3 Å². The molecule has 148 valence electrons. The molecule has 5 nitrogen and oxygen atoms in total. The molecule has 2 aromatic rings. The molecule has 6 heteroatoms. The van der Waals surface area contributed by atoms with Crippen LogP contribution in [0.2, 0.25) is 0 Å². The standard InChI is InChI=1S/C22H26N2O3S/c1-2-27-17-11-13-18(14-12-17)28-15-21(25)24-20-10-6-5-9-19(20)22(26)23-16-7-3-4-8-16/h5-6,9-14,16H,2-4,7-8,15H2,1H3,(H,23,26)(H,24,25). The average Bonchev–Trinajstić information content (AvgIpc) is 3.21. The minimum Gasteiger partial charge on any atom is -0.494 e. The fraction of sp³-hybridized carbons (Fsp3) is 0.364.